The van der Waals surface area contributed by atoms with E-state index in [1.54, 1.807) is 19.2 Å². The van der Waals surface area contributed by atoms with Crippen molar-refractivity contribution in [2.45, 2.75) is 44.1 Å². The van der Waals surface area contributed by atoms with Gasteiger partial charge in [-0.2, -0.15) is 0 Å². The Kier molecular flexibility index (Phi) is 5.29. The maximum Gasteiger partial charge on any atom is 0.305 e. The molecule has 0 saturated heterocycles. The number of aliphatic carboxylic acids is 1. The molecule has 0 heterocycles. The van der Waals surface area contributed by atoms with Gasteiger partial charge in [-0.15, -0.1) is 0 Å². The molecule has 0 aromatic heterocycles. The van der Waals surface area contributed by atoms with Gasteiger partial charge in [0.05, 0.1) is 24.1 Å². The van der Waals surface area contributed by atoms with Crippen molar-refractivity contribution in [1.29, 1.82) is 0 Å². The summed E-state index contributed by atoms with van der Waals surface area (Å²) in [5.74, 6) is -0.389. The molecule has 2 N–H and O–H groups in total. The molecule has 1 aromatic carbocycles. The number of benzene rings is 1. The van der Waals surface area contributed by atoms with E-state index in [2.05, 4.69) is 5.32 Å². The van der Waals surface area contributed by atoms with Crippen LogP contribution in [-0.2, 0) is 16.0 Å². The van der Waals surface area contributed by atoms with E-state index in [-0.39, 0.29) is 12.3 Å². The van der Waals surface area contributed by atoms with Crippen LogP contribution >= 0.6 is 11.6 Å². The SMILES string of the molecule is COc1ccc(CCC(=O)NC2(CC(=O)O)CCC2)cc1Cl. The summed E-state index contributed by atoms with van der Waals surface area (Å²) < 4.78 is 5.08. The van der Waals surface area contributed by atoms with Crippen molar-refractivity contribution in [3.05, 3.63) is 28.8 Å². The molecular weight excluding hydrogens is 306 g/mol. The summed E-state index contributed by atoms with van der Waals surface area (Å²) in [6, 6.07) is 5.42. The van der Waals surface area contributed by atoms with E-state index in [1.807, 2.05) is 6.07 Å². The van der Waals surface area contributed by atoms with E-state index in [9.17, 15) is 9.59 Å². The van der Waals surface area contributed by atoms with Gasteiger partial charge in [0.15, 0.2) is 0 Å². The van der Waals surface area contributed by atoms with Gasteiger partial charge in [-0.3, -0.25) is 9.59 Å². The Hall–Kier alpha value is -1.75. The lowest BCUT2D eigenvalue weighted by Gasteiger charge is -2.41. The summed E-state index contributed by atoms with van der Waals surface area (Å²) in [6.45, 7) is 0. The number of rotatable bonds is 7. The van der Waals surface area contributed by atoms with E-state index in [0.29, 0.717) is 23.6 Å². The van der Waals surface area contributed by atoms with Crippen molar-refractivity contribution < 1.29 is 19.4 Å². The van der Waals surface area contributed by atoms with Crippen molar-refractivity contribution in [1.82, 2.24) is 5.32 Å². The monoisotopic (exact) mass is 325 g/mol. The van der Waals surface area contributed by atoms with Crippen LogP contribution in [0.3, 0.4) is 0 Å². The minimum Gasteiger partial charge on any atom is -0.495 e. The lowest BCUT2D eigenvalue weighted by atomic mass is 9.74. The van der Waals surface area contributed by atoms with E-state index in [1.165, 1.54) is 0 Å². The maximum absolute atomic E-state index is 12.1. The number of aryl methyl sites for hydroxylation is 1. The fourth-order valence-corrected chi connectivity index (χ4v) is 3.00. The number of carbonyl (C=O) groups is 2. The third-order valence-electron chi connectivity index (χ3n) is 4.06. The number of carbonyl (C=O) groups excluding carboxylic acids is 1. The van der Waals surface area contributed by atoms with Crippen LogP contribution in [0.15, 0.2) is 18.2 Å². The molecule has 1 aliphatic rings. The third kappa shape index (κ3) is 4.13. The number of hydrogen-bond donors (Lipinski definition) is 2. The first-order valence-corrected chi connectivity index (χ1v) is 7.67. The molecule has 0 radical (unpaired) electrons. The highest BCUT2D eigenvalue weighted by atomic mass is 35.5. The van der Waals surface area contributed by atoms with Gasteiger partial charge in [0.1, 0.15) is 5.75 Å². The van der Waals surface area contributed by atoms with Crippen LogP contribution in [0.5, 0.6) is 5.75 Å². The van der Waals surface area contributed by atoms with Crippen LogP contribution in [0.2, 0.25) is 5.02 Å². The number of nitrogens with one attached hydrogen (secondary N) is 1. The fraction of sp³-hybridized carbons (Fsp3) is 0.500. The molecular formula is C16H20ClNO4. The second-order valence-corrected chi connectivity index (χ2v) is 6.13. The van der Waals surface area contributed by atoms with Gasteiger partial charge >= 0.3 is 5.97 Å². The summed E-state index contributed by atoms with van der Waals surface area (Å²) in [6.07, 6.45) is 3.29. The number of ether oxygens (including phenoxy) is 1. The molecule has 1 saturated carbocycles. The topological polar surface area (TPSA) is 75.6 Å². The molecule has 5 nitrogen and oxygen atoms in total. The third-order valence-corrected chi connectivity index (χ3v) is 4.36. The Morgan fingerprint density at radius 2 is 2.14 bits per heavy atom. The first-order valence-electron chi connectivity index (χ1n) is 7.29. The molecule has 120 valence electrons. The molecule has 1 amide bonds. The molecule has 1 aromatic rings. The van der Waals surface area contributed by atoms with E-state index in [4.69, 9.17) is 21.4 Å². The van der Waals surface area contributed by atoms with Crippen LogP contribution in [0.4, 0.5) is 0 Å². The van der Waals surface area contributed by atoms with Crippen LogP contribution in [-0.4, -0.2) is 29.6 Å². The van der Waals surface area contributed by atoms with Crippen molar-refractivity contribution in [3.63, 3.8) is 0 Å². The summed E-state index contributed by atoms with van der Waals surface area (Å²) in [7, 11) is 1.55. The molecule has 22 heavy (non-hydrogen) atoms. The summed E-state index contributed by atoms with van der Waals surface area (Å²) in [5, 5.41) is 12.3. The molecule has 0 atom stereocenters. The first-order chi connectivity index (χ1) is 10.4. The van der Waals surface area contributed by atoms with Gasteiger partial charge in [0.2, 0.25) is 5.91 Å². The quantitative estimate of drug-likeness (QED) is 0.808. The largest absolute Gasteiger partial charge is 0.495 e. The number of carboxylic acid groups (broad SMARTS) is 1. The standard InChI is InChI=1S/C16H20ClNO4/c1-22-13-5-3-11(9-12(13)17)4-6-14(19)18-16(7-2-8-16)10-15(20)21/h3,5,9H,2,4,6-8,10H2,1H3,(H,18,19)(H,20,21). The second kappa shape index (κ2) is 7.01. The average Bonchev–Trinajstić information content (AvgIpc) is 2.42. The Labute approximate surface area is 134 Å². The zero-order valence-electron chi connectivity index (χ0n) is 12.5. The maximum atomic E-state index is 12.1. The molecule has 1 aliphatic carbocycles. The van der Waals surface area contributed by atoms with Crippen LogP contribution in [0, 0.1) is 0 Å². The van der Waals surface area contributed by atoms with Gasteiger partial charge in [-0.25, -0.2) is 0 Å². The van der Waals surface area contributed by atoms with E-state index >= 15 is 0 Å². The van der Waals surface area contributed by atoms with Crippen molar-refractivity contribution in [2.24, 2.45) is 0 Å². The minimum absolute atomic E-state index is 0.00684. The normalized spacial score (nSPS) is 15.7. The zero-order valence-corrected chi connectivity index (χ0v) is 13.3. The highest BCUT2D eigenvalue weighted by molar-refractivity contribution is 6.32. The van der Waals surface area contributed by atoms with Crippen molar-refractivity contribution in [3.8, 4) is 5.75 Å². The smallest absolute Gasteiger partial charge is 0.305 e. The predicted octanol–water partition coefficient (Wildman–Crippen LogP) is 2.79. The number of hydrogen-bond acceptors (Lipinski definition) is 3. The average molecular weight is 326 g/mol. The Bertz CT molecular complexity index is 569. The van der Waals surface area contributed by atoms with Crippen LogP contribution in [0.1, 0.15) is 37.7 Å². The molecule has 0 spiro atoms. The van der Waals surface area contributed by atoms with Crippen LogP contribution in [0.25, 0.3) is 0 Å². The number of carboxylic acids is 1. The summed E-state index contributed by atoms with van der Waals surface area (Å²) in [4.78, 5) is 22.9. The highest BCUT2D eigenvalue weighted by Crippen LogP contribution is 2.35. The molecule has 0 unspecified atom stereocenters. The van der Waals surface area contributed by atoms with Crippen LogP contribution < -0.4 is 10.1 Å². The molecule has 1 fully saturated rings. The lowest BCUT2D eigenvalue weighted by molar-refractivity contribution is -0.140. The zero-order chi connectivity index (χ0) is 16.2. The highest BCUT2D eigenvalue weighted by Gasteiger charge is 2.40. The number of methoxy groups -OCH3 is 1. The lowest BCUT2D eigenvalue weighted by Crippen LogP contribution is -2.54. The summed E-state index contributed by atoms with van der Waals surface area (Å²) in [5.41, 5.74) is 0.405. The Morgan fingerprint density at radius 1 is 1.41 bits per heavy atom. The number of amides is 1. The van der Waals surface area contributed by atoms with Gasteiger partial charge in [0.25, 0.3) is 0 Å². The predicted molar refractivity (Wildman–Crippen MR) is 83.3 cm³/mol. The molecule has 0 bridgehead atoms. The second-order valence-electron chi connectivity index (χ2n) is 5.72. The molecule has 0 aliphatic heterocycles. The molecule has 6 heteroatoms. The van der Waals surface area contributed by atoms with Crippen molar-refractivity contribution >= 4 is 23.5 Å². The first kappa shape index (κ1) is 16.6. The van der Waals surface area contributed by atoms with Gasteiger partial charge in [-0.1, -0.05) is 17.7 Å². The van der Waals surface area contributed by atoms with Gasteiger partial charge in [-0.05, 0) is 43.4 Å². The van der Waals surface area contributed by atoms with Crippen molar-refractivity contribution in [2.75, 3.05) is 7.11 Å². The van der Waals surface area contributed by atoms with Gasteiger partial charge < -0.3 is 15.2 Å². The van der Waals surface area contributed by atoms with E-state index in [0.717, 1.165) is 24.8 Å². The molecule has 2 rings (SSSR count). The fourth-order valence-electron chi connectivity index (χ4n) is 2.72. The summed E-state index contributed by atoms with van der Waals surface area (Å²) >= 11 is 6.05. The minimum atomic E-state index is -0.873. The Morgan fingerprint density at radius 3 is 2.64 bits per heavy atom. The number of halogens is 1. The Balaban J connectivity index is 1.87. The van der Waals surface area contributed by atoms with Gasteiger partial charge in [0, 0.05) is 6.42 Å². The van der Waals surface area contributed by atoms with E-state index < -0.39 is 11.5 Å².